The first-order valence-electron chi connectivity index (χ1n) is 5.29. The van der Waals surface area contributed by atoms with E-state index in [1.54, 1.807) is 6.07 Å². The number of hydrogen-bond acceptors (Lipinski definition) is 1. The largest absolute Gasteiger partial charge is 0.381 e. The third-order valence-electron chi connectivity index (χ3n) is 2.46. The quantitative estimate of drug-likeness (QED) is 0.732. The van der Waals surface area contributed by atoms with Gasteiger partial charge in [0.2, 0.25) is 0 Å². The zero-order chi connectivity index (χ0) is 14.0. The minimum Gasteiger partial charge on any atom is -0.381 e. The maximum absolute atomic E-state index is 13.2. The lowest BCUT2D eigenvalue weighted by Gasteiger charge is -2.09. The molecular formula is C13H8Cl3F2N. The summed E-state index contributed by atoms with van der Waals surface area (Å²) in [5, 5.41) is 2.89. The first-order chi connectivity index (χ1) is 8.97. The maximum atomic E-state index is 13.2. The summed E-state index contributed by atoms with van der Waals surface area (Å²) >= 11 is 16.9. The highest BCUT2D eigenvalue weighted by atomic mass is 35.5. The monoisotopic (exact) mass is 321 g/mol. The van der Waals surface area contributed by atoms with Crippen LogP contribution in [0.3, 0.4) is 0 Å². The van der Waals surface area contributed by atoms with Gasteiger partial charge >= 0.3 is 0 Å². The van der Waals surface area contributed by atoms with Gasteiger partial charge in [0.25, 0.3) is 0 Å². The van der Waals surface area contributed by atoms with Crippen molar-refractivity contribution in [3.8, 4) is 0 Å². The van der Waals surface area contributed by atoms with Crippen molar-refractivity contribution in [2.24, 2.45) is 0 Å². The summed E-state index contributed by atoms with van der Waals surface area (Å²) in [5.74, 6) is -1.15. The number of rotatable bonds is 3. The van der Waals surface area contributed by atoms with Crippen molar-refractivity contribution < 1.29 is 8.78 Å². The minimum atomic E-state index is -0.661. The van der Waals surface area contributed by atoms with E-state index in [2.05, 4.69) is 5.32 Å². The van der Waals surface area contributed by atoms with Crippen molar-refractivity contribution in [3.05, 3.63) is 62.6 Å². The van der Waals surface area contributed by atoms with Gasteiger partial charge in [0, 0.05) is 12.2 Å². The van der Waals surface area contributed by atoms with Crippen LogP contribution in [0.2, 0.25) is 15.1 Å². The lowest BCUT2D eigenvalue weighted by atomic mass is 10.2. The van der Waals surface area contributed by atoms with E-state index in [4.69, 9.17) is 34.8 Å². The van der Waals surface area contributed by atoms with Crippen LogP contribution in [0.5, 0.6) is 0 Å². The molecule has 2 aromatic carbocycles. The lowest BCUT2D eigenvalue weighted by molar-refractivity contribution is 0.626. The topological polar surface area (TPSA) is 12.0 Å². The molecule has 2 aromatic rings. The molecule has 0 saturated carbocycles. The SMILES string of the molecule is Fc1cc(CNc2cc(Cl)c(F)c(Cl)c2)ccc1Cl. The van der Waals surface area contributed by atoms with E-state index in [-0.39, 0.29) is 15.1 Å². The van der Waals surface area contributed by atoms with Gasteiger partial charge in [0.05, 0.1) is 15.1 Å². The maximum Gasteiger partial charge on any atom is 0.160 e. The molecule has 0 aliphatic carbocycles. The molecule has 0 aromatic heterocycles. The first kappa shape index (κ1) is 14.4. The number of hydrogen-bond donors (Lipinski definition) is 1. The number of nitrogens with one attached hydrogen (secondary N) is 1. The molecule has 0 aliphatic heterocycles. The van der Waals surface area contributed by atoms with Crippen molar-refractivity contribution in [1.29, 1.82) is 0 Å². The number of benzene rings is 2. The molecule has 1 N–H and O–H groups in total. The smallest absolute Gasteiger partial charge is 0.160 e. The summed E-state index contributed by atoms with van der Waals surface area (Å²) < 4.78 is 26.5. The molecule has 0 heterocycles. The molecule has 0 spiro atoms. The van der Waals surface area contributed by atoms with Gasteiger partial charge in [0.15, 0.2) is 5.82 Å². The molecular weight excluding hydrogens is 315 g/mol. The highest BCUT2D eigenvalue weighted by molar-refractivity contribution is 6.35. The average Bonchev–Trinajstić information content (AvgIpc) is 2.37. The molecule has 1 nitrogen and oxygen atoms in total. The predicted molar refractivity (Wildman–Crippen MR) is 75.2 cm³/mol. The molecule has 0 aliphatic rings. The van der Waals surface area contributed by atoms with E-state index in [0.717, 1.165) is 0 Å². The fourth-order valence-electron chi connectivity index (χ4n) is 1.51. The van der Waals surface area contributed by atoms with Crippen LogP contribution in [-0.4, -0.2) is 0 Å². The van der Waals surface area contributed by atoms with E-state index >= 15 is 0 Å². The van der Waals surface area contributed by atoms with Crippen LogP contribution in [0.15, 0.2) is 30.3 Å². The molecule has 0 fully saturated rings. The third-order valence-corrected chi connectivity index (χ3v) is 3.32. The Hall–Kier alpha value is -1.03. The van der Waals surface area contributed by atoms with Crippen LogP contribution in [-0.2, 0) is 6.54 Å². The van der Waals surface area contributed by atoms with E-state index < -0.39 is 11.6 Å². The normalized spacial score (nSPS) is 10.6. The van der Waals surface area contributed by atoms with Crippen LogP contribution in [0.25, 0.3) is 0 Å². The van der Waals surface area contributed by atoms with E-state index in [1.165, 1.54) is 24.3 Å². The van der Waals surface area contributed by atoms with Crippen molar-refractivity contribution in [2.75, 3.05) is 5.32 Å². The summed E-state index contributed by atoms with van der Waals surface area (Å²) in [6.45, 7) is 0.340. The van der Waals surface area contributed by atoms with Crippen molar-refractivity contribution in [1.82, 2.24) is 0 Å². The van der Waals surface area contributed by atoms with Gasteiger partial charge < -0.3 is 5.32 Å². The van der Waals surface area contributed by atoms with E-state index in [0.29, 0.717) is 17.8 Å². The van der Waals surface area contributed by atoms with Crippen LogP contribution < -0.4 is 5.32 Å². The molecule has 0 bridgehead atoms. The van der Waals surface area contributed by atoms with E-state index in [9.17, 15) is 8.78 Å². The fourth-order valence-corrected chi connectivity index (χ4v) is 2.12. The lowest BCUT2D eigenvalue weighted by Crippen LogP contribution is -2.00. The summed E-state index contributed by atoms with van der Waals surface area (Å²) in [4.78, 5) is 0. The second-order valence-electron chi connectivity index (χ2n) is 3.86. The first-order valence-corrected chi connectivity index (χ1v) is 6.43. The van der Waals surface area contributed by atoms with Crippen LogP contribution in [0.4, 0.5) is 14.5 Å². The van der Waals surface area contributed by atoms with Crippen molar-refractivity contribution in [2.45, 2.75) is 6.54 Å². The summed E-state index contributed by atoms with van der Waals surface area (Å²) in [5.41, 5.74) is 1.24. The molecule has 0 radical (unpaired) electrons. The zero-order valence-corrected chi connectivity index (χ0v) is 11.8. The molecule has 6 heteroatoms. The van der Waals surface area contributed by atoms with Crippen LogP contribution in [0, 0.1) is 11.6 Å². The van der Waals surface area contributed by atoms with Gasteiger partial charge in [-0.15, -0.1) is 0 Å². The van der Waals surface area contributed by atoms with Crippen LogP contribution >= 0.6 is 34.8 Å². The second kappa shape index (κ2) is 5.95. The Labute approximate surface area is 124 Å². The molecule has 2 rings (SSSR count). The summed E-state index contributed by atoms with van der Waals surface area (Å²) in [7, 11) is 0. The van der Waals surface area contributed by atoms with Crippen LogP contribution in [0.1, 0.15) is 5.56 Å². The Bertz CT molecular complexity index is 594. The third kappa shape index (κ3) is 3.50. The summed E-state index contributed by atoms with van der Waals surface area (Å²) in [6, 6.07) is 7.30. The Morgan fingerprint density at radius 2 is 1.53 bits per heavy atom. The van der Waals surface area contributed by atoms with Gasteiger partial charge in [-0.3, -0.25) is 0 Å². The van der Waals surface area contributed by atoms with Gasteiger partial charge in [-0.1, -0.05) is 40.9 Å². The van der Waals surface area contributed by atoms with Gasteiger partial charge in [-0.05, 0) is 29.8 Å². The molecule has 0 unspecified atom stereocenters. The van der Waals surface area contributed by atoms with Gasteiger partial charge in [0.1, 0.15) is 5.82 Å². The van der Waals surface area contributed by atoms with Gasteiger partial charge in [-0.2, -0.15) is 0 Å². The Morgan fingerprint density at radius 3 is 2.11 bits per heavy atom. The molecule has 100 valence electrons. The zero-order valence-electron chi connectivity index (χ0n) is 9.48. The fraction of sp³-hybridized carbons (Fsp3) is 0.0769. The second-order valence-corrected chi connectivity index (χ2v) is 5.08. The molecule has 0 amide bonds. The average molecular weight is 323 g/mol. The standard InChI is InChI=1S/C13H8Cl3F2N/c14-9-2-1-7(3-12(9)17)6-19-8-4-10(15)13(18)11(16)5-8/h1-5,19H,6H2. The molecule has 0 saturated heterocycles. The number of halogens is 5. The highest BCUT2D eigenvalue weighted by Crippen LogP contribution is 2.27. The minimum absolute atomic E-state index is 0.0663. The predicted octanol–water partition coefficient (Wildman–Crippen LogP) is 5.54. The summed E-state index contributed by atoms with van der Waals surface area (Å²) in [6.07, 6.45) is 0. The van der Waals surface area contributed by atoms with Crippen molar-refractivity contribution >= 4 is 40.5 Å². The molecule has 0 atom stereocenters. The van der Waals surface area contributed by atoms with E-state index in [1.807, 2.05) is 0 Å². The Kier molecular flexibility index (Phi) is 4.50. The van der Waals surface area contributed by atoms with Crippen molar-refractivity contribution in [3.63, 3.8) is 0 Å². The Balaban J connectivity index is 2.12. The molecule has 19 heavy (non-hydrogen) atoms. The number of anilines is 1. The van der Waals surface area contributed by atoms with Gasteiger partial charge in [-0.25, -0.2) is 8.78 Å². The highest BCUT2D eigenvalue weighted by Gasteiger charge is 2.07. The Morgan fingerprint density at radius 1 is 0.895 bits per heavy atom.